The first kappa shape index (κ1) is 22.2. The van der Waals surface area contributed by atoms with Gasteiger partial charge in [0.25, 0.3) is 0 Å². The van der Waals surface area contributed by atoms with Crippen LogP contribution < -0.4 is 14.8 Å². The van der Waals surface area contributed by atoms with Gasteiger partial charge in [-0.1, -0.05) is 37.6 Å². The van der Waals surface area contributed by atoms with E-state index in [2.05, 4.69) is 23.9 Å². The second kappa shape index (κ2) is 9.41. The second-order valence-electron chi connectivity index (χ2n) is 6.63. The van der Waals surface area contributed by atoms with Crippen LogP contribution in [0.2, 0.25) is 5.02 Å². The number of ether oxygens (including phenoxy) is 1. The lowest BCUT2D eigenvalue weighted by Gasteiger charge is -2.17. The van der Waals surface area contributed by atoms with Gasteiger partial charge in [-0.05, 0) is 55.7 Å². The average Bonchev–Trinajstić information content (AvgIpc) is 2.63. The molecule has 2 aromatic rings. The molecule has 0 saturated heterocycles. The minimum Gasteiger partial charge on any atom is -0.492 e. The molecule has 1 atom stereocenters. The molecular formula is C20H25ClN2O4S. The molecule has 0 aliphatic carbocycles. The molecule has 0 heterocycles. The second-order valence-corrected chi connectivity index (χ2v) is 8.75. The number of carbonyl (C=O) groups excluding carboxylic acids is 1. The quantitative estimate of drug-likeness (QED) is 0.666. The lowest BCUT2D eigenvalue weighted by Crippen LogP contribution is -2.41. The fourth-order valence-corrected chi connectivity index (χ4v) is 4.13. The number of hydrogen-bond donors (Lipinski definition) is 2. The van der Waals surface area contributed by atoms with Crippen LogP contribution in [0.1, 0.15) is 39.2 Å². The highest BCUT2D eigenvalue weighted by Gasteiger charge is 2.25. The Hall–Kier alpha value is -2.09. The predicted molar refractivity (Wildman–Crippen MR) is 112 cm³/mol. The zero-order chi connectivity index (χ0) is 20.9. The van der Waals surface area contributed by atoms with Gasteiger partial charge in [0.15, 0.2) is 0 Å². The number of sulfonamides is 1. The van der Waals surface area contributed by atoms with Crippen molar-refractivity contribution >= 4 is 33.2 Å². The number of rotatable bonds is 8. The van der Waals surface area contributed by atoms with Crippen LogP contribution in [0.15, 0.2) is 47.4 Å². The number of nitrogens with one attached hydrogen (secondary N) is 2. The van der Waals surface area contributed by atoms with Crippen LogP contribution in [0.3, 0.4) is 0 Å². The molecule has 0 fully saturated rings. The molecule has 2 aromatic carbocycles. The summed E-state index contributed by atoms with van der Waals surface area (Å²) >= 11 is 5.94. The molecule has 0 aromatic heterocycles. The first-order valence-electron chi connectivity index (χ1n) is 8.99. The smallest absolute Gasteiger partial charge is 0.245 e. The molecule has 0 aliphatic rings. The Balaban J connectivity index is 2.13. The van der Waals surface area contributed by atoms with Gasteiger partial charge in [-0.25, -0.2) is 8.42 Å². The molecule has 0 aliphatic heterocycles. The molecule has 1 amide bonds. The fourth-order valence-electron chi connectivity index (χ4n) is 2.52. The molecule has 2 N–H and O–H groups in total. The number of anilines is 1. The number of carbonyl (C=O) groups is 1. The van der Waals surface area contributed by atoms with Crippen molar-refractivity contribution in [2.45, 2.75) is 44.6 Å². The van der Waals surface area contributed by atoms with Crippen molar-refractivity contribution in [1.82, 2.24) is 4.72 Å². The maximum atomic E-state index is 12.7. The molecule has 6 nitrogen and oxygen atoms in total. The van der Waals surface area contributed by atoms with Gasteiger partial charge >= 0.3 is 0 Å². The van der Waals surface area contributed by atoms with E-state index >= 15 is 0 Å². The predicted octanol–water partition coefficient (Wildman–Crippen LogP) is 4.17. The number of amides is 1. The van der Waals surface area contributed by atoms with Crippen LogP contribution in [0.5, 0.6) is 5.75 Å². The molecule has 0 radical (unpaired) electrons. The van der Waals surface area contributed by atoms with E-state index < -0.39 is 22.0 Å². The summed E-state index contributed by atoms with van der Waals surface area (Å²) < 4.78 is 33.2. The Morgan fingerprint density at radius 3 is 2.32 bits per heavy atom. The molecular weight excluding hydrogens is 400 g/mol. The highest BCUT2D eigenvalue weighted by atomic mass is 35.5. The van der Waals surface area contributed by atoms with Crippen LogP contribution in [-0.4, -0.2) is 27.0 Å². The third-order valence-corrected chi connectivity index (χ3v) is 5.86. The first-order chi connectivity index (χ1) is 13.1. The summed E-state index contributed by atoms with van der Waals surface area (Å²) in [5.74, 6) is 0.0878. The molecule has 28 heavy (non-hydrogen) atoms. The van der Waals surface area contributed by atoms with Crippen molar-refractivity contribution in [1.29, 1.82) is 0 Å². The van der Waals surface area contributed by atoms with Crippen molar-refractivity contribution in [2.24, 2.45) is 0 Å². The Kier molecular flexibility index (Phi) is 7.46. The van der Waals surface area contributed by atoms with Crippen LogP contribution in [0.4, 0.5) is 5.69 Å². The van der Waals surface area contributed by atoms with Gasteiger partial charge in [-0.2, -0.15) is 4.72 Å². The van der Waals surface area contributed by atoms with Gasteiger partial charge < -0.3 is 10.1 Å². The van der Waals surface area contributed by atoms with Gasteiger partial charge in [0, 0.05) is 10.7 Å². The maximum Gasteiger partial charge on any atom is 0.245 e. The molecule has 0 bridgehead atoms. The average molecular weight is 425 g/mol. The Morgan fingerprint density at radius 2 is 1.75 bits per heavy atom. The van der Waals surface area contributed by atoms with Crippen molar-refractivity contribution in [3.8, 4) is 5.75 Å². The summed E-state index contributed by atoms with van der Waals surface area (Å²) in [6, 6.07) is 10.8. The largest absolute Gasteiger partial charge is 0.492 e. The summed E-state index contributed by atoms with van der Waals surface area (Å²) in [4.78, 5) is 12.3. The summed E-state index contributed by atoms with van der Waals surface area (Å²) in [5.41, 5.74) is 1.74. The lowest BCUT2D eigenvalue weighted by atomic mass is 10.0. The van der Waals surface area contributed by atoms with E-state index in [0.29, 0.717) is 18.2 Å². The molecule has 2 rings (SSSR count). The van der Waals surface area contributed by atoms with Crippen LogP contribution >= 0.6 is 11.6 Å². The maximum absolute atomic E-state index is 12.7. The van der Waals surface area contributed by atoms with E-state index in [-0.39, 0.29) is 15.7 Å². The van der Waals surface area contributed by atoms with E-state index in [9.17, 15) is 13.2 Å². The Labute approximate surface area is 171 Å². The monoisotopic (exact) mass is 424 g/mol. The standard InChI is InChI=1S/C20H25ClN2O4S/c1-5-27-18-11-8-16(21)12-19(18)28(25,26)23-14(4)20(24)22-17-9-6-15(7-10-17)13(2)3/h6-14,23H,5H2,1-4H3,(H,22,24). The van der Waals surface area contributed by atoms with Gasteiger partial charge in [0.2, 0.25) is 15.9 Å². The van der Waals surface area contributed by atoms with Crippen molar-refractivity contribution < 1.29 is 17.9 Å². The highest BCUT2D eigenvalue weighted by Crippen LogP contribution is 2.27. The van der Waals surface area contributed by atoms with Gasteiger partial charge in [0.05, 0.1) is 12.6 Å². The Bertz CT molecular complexity index is 928. The molecule has 1 unspecified atom stereocenters. The molecule has 0 saturated carbocycles. The number of hydrogen-bond acceptors (Lipinski definition) is 4. The third-order valence-electron chi connectivity index (χ3n) is 4.07. The van der Waals surface area contributed by atoms with Gasteiger partial charge in [-0.3, -0.25) is 4.79 Å². The van der Waals surface area contributed by atoms with Crippen LogP contribution in [-0.2, 0) is 14.8 Å². The lowest BCUT2D eigenvalue weighted by molar-refractivity contribution is -0.117. The molecule has 152 valence electrons. The van der Waals surface area contributed by atoms with E-state index in [1.165, 1.54) is 19.1 Å². The minimum atomic E-state index is -4.01. The molecule has 0 spiro atoms. The summed E-state index contributed by atoms with van der Waals surface area (Å²) in [6.45, 7) is 7.68. The summed E-state index contributed by atoms with van der Waals surface area (Å²) in [5, 5.41) is 2.97. The highest BCUT2D eigenvalue weighted by molar-refractivity contribution is 7.89. The normalized spacial score (nSPS) is 12.6. The van der Waals surface area contributed by atoms with E-state index in [1.807, 2.05) is 12.1 Å². The van der Waals surface area contributed by atoms with Crippen molar-refractivity contribution in [3.05, 3.63) is 53.1 Å². The minimum absolute atomic E-state index is 0.109. The zero-order valence-corrected chi connectivity index (χ0v) is 17.9. The van der Waals surface area contributed by atoms with Crippen molar-refractivity contribution in [3.63, 3.8) is 0 Å². The SMILES string of the molecule is CCOc1ccc(Cl)cc1S(=O)(=O)NC(C)C(=O)Nc1ccc(C(C)C)cc1. The zero-order valence-electron chi connectivity index (χ0n) is 16.3. The van der Waals surface area contributed by atoms with E-state index in [4.69, 9.17) is 16.3 Å². The number of halogens is 1. The topological polar surface area (TPSA) is 84.5 Å². The third kappa shape index (κ3) is 5.70. The van der Waals surface area contributed by atoms with E-state index in [0.717, 1.165) is 5.56 Å². The Morgan fingerprint density at radius 1 is 1.11 bits per heavy atom. The van der Waals surface area contributed by atoms with Gasteiger partial charge in [0.1, 0.15) is 10.6 Å². The first-order valence-corrected chi connectivity index (χ1v) is 10.9. The number of benzene rings is 2. The van der Waals surface area contributed by atoms with Crippen LogP contribution in [0, 0.1) is 0 Å². The summed E-state index contributed by atoms with van der Waals surface area (Å²) in [6.07, 6.45) is 0. The molecule has 8 heteroatoms. The summed E-state index contributed by atoms with van der Waals surface area (Å²) in [7, 11) is -4.01. The van der Waals surface area contributed by atoms with Gasteiger partial charge in [-0.15, -0.1) is 0 Å². The van der Waals surface area contributed by atoms with E-state index in [1.54, 1.807) is 25.1 Å². The fraction of sp³-hybridized carbons (Fsp3) is 0.350. The van der Waals surface area contributed by atoms with Crippen LogP contribution in [0.25, 0.3) is 0 Å². The van der Waals surface area contributed by atoms with Crippen molar-refractivity contribution in [2.75, 3.05) is 11.9 Å².